The quantitative estimate of drug-likeness (QED) is 0.822. The Hall–Kier alpha value is -2.29. The van der Waals surface area contributed by atoms with Gasteiger partial charge in [-0.25, -0.2) is 0 Å². The van der Waals surface area contributed by atoms with Gasteiger partial charge in [0.15, 0.2) is 0 Å². The van der Waals surface area contributed by atoms with Crippen LogP contribution in [0.15, 0.2) is 53.5 Å². The highest BCUT2D eigenvalue weighted by Gasteiger charge is 1.93. The Morgan fingerprint density at radius 1 is 1.05 bits per heavy atom. The van der Waals surface area contributed by atoms with Gasteiger partial charge in [0.2, 0.25) is 0 Å². The summed E-state index contributed by atoms with van der Waals surface area (Å²) in [6.45, 7) is 2.82. The normalized spacial score (nSPS) is 10.8. The van der Waals surface area contributed by atoms with E-state index in [0.717, 1.165) is 30.0 Å². The fourth-order valence-corrected chi connectivity index (χ4v) is 1.56. The number of benzene rings is 2. The van der Waals surface area contributed by atoms with Crippen molar-refractivity contribution in [3.05, 3.63) is 54.1 Å². The molecule has 3 heteroatoms. The van der Waals surface area contributed by atoms with Gasteiger partial charge in [0.1, 0.15) is 11.5 Å². The van der Waals surface area contributed by atoms with Crippen LogP contribution in [0.5, 0.6) is 11.5 Å². The van der Waals surface area contributed by atoms with Crippen molar-refractivity contribution >= 4 is 11.9 Å². The van der Waals surface area contributed by atoms with Crippen LogP contribution in [-0.2, 0) is 0 Å². The van der Waals surface area contributed by atoms with Crippen LogP contribution in [0, 0.1) is 0 Å². The third-order valence-electron chi connectivity index (χ3n) is 2.57. The first-order chi connectivity index (χ1) is 9.28. The van der Waals surface area contributed by atoms with E-state index in [-0.39, 0.29) is 5.75 Å². The monoisotopic (exact) mass is 255 g/mol. The Morgan fingerprint density at radius 3 is 2.37 bits per heavy atom. The Bertz CT molecular complexity index is 530. The molecule has 0 amide bonds. The van der Waals surface area contributed by atoms with Gasteiger partial charge in [-0.05, 0) is 60.5 Å². The zero-order chi connectivity index (χ0) is 13.5. The van der Waals surface area contributed by atoms with Gasteiger partial charge < -0.3 is 9.84 Å². The maximum absolute atomic E-state index is 9.18. The summed E-state index contributed by atoms with van der Waals surface area (Å²) in [6, 6.07) is 14.6. The smallest absolute Gasteiger partial charge is 0.119 e. The van der Waals surface area contributed by atoms with Gasteiger partial charge in [-0.1, -0.05) is 6.92 Å². The summed E-state index contributed by atoms with van der Waals surface area (Å²) in [4.78, 5) is 4.33. The summed E-state index contributed by atoms with van der Waals surface area (Å²) in [5.74, 6) is 1.13. The molecule has 0 saturated heterocycles. The first-order valence-electron chi connectivity index (χ1n) is 6.34. The summed E-state index contributed by atoms with van der Waals surface area (Å²) < 4.78 is 5.51. The zero-order valence-corrected chi connectivity index (χ0v) is 10.9. The van der Waals surface area contributed by atoms with E-state index in [1.54, 1.807) is 30.5 Å². The van der Waals surface area contributed by atoms with E-state index in [4.69, 9.17) is 4.74 Å². The molecule has 3 nitrogen and oxygen atoms in total. The van der Waals surface area contributed by atoms with E-state index in [9.17, 15) is 5.11 Å². The van der Waals surface area contributed by atoms with E-state index in [1.807, 2.05) is 24.3 Å². The summed E-state index contributed by atoms with van der Waals surface area (Å²) >= 11 is 0. The third kappa shape index (κ3) is 4.14. The summed E-state index contributed by atoms with van der Waals surface area (Å²) in [6.07, 6.45) is 2.79. The van der Waals surface area contributed by atoms with Crippen LogP contribution in [0.25, 0.3) is 0 Å². The van der Waals surface area contributed by atoms with E-state index >= 15 is 0 Å². The highest BCUT2D eigenvalue weighted by Crippen LogP contribution is 2.17. The first kappa shape index (κ1) is 13.1. The Kier molecular flexibility index (Phi) is 4.56. The Morgan fingerprint density at radius 2 is 1.74 bits per heavy atom. The average Bonchev–Trinajstić information content (AvgIpc) is 2.46. The maximum Gasteiger partial charge on any atom is 0.119 e. The number of rotatable bonds is 5. The molecule has 0 aliphatic carbocycles. The second kappa shape index (κ2) is 6.59. The zero-order valence-electron chi connectivity index (χ0n) is 10.9. The molecule has 0 unspecified atom stereocenters. The molecule has 0 fully saturated rings. The van der Waals surface area contributed by atoms with Gasteiger partial charge in [0, 0.05) is 6.21 Å². The molecule has 19 heavy (non-hydrogen) atoms. The lowest BCUT2D eigenvalue weighted by atomic mass is 10.2. The molecule has 0 atom stereocenters. The lowest BCUT2D eigenvalue weighted by Crippen LogP contribution is -1.94. The average molecular weight is 255 g/mol. The van der Waals surface area contributed by atoms with Crippen molar-refractivity contribution in [1.29, 1.82) is 0 Å². The highest BCUT2D eigenvalue weighted by molar-refractivity contribution is 5.82. The lowest BCUT2D eigenvalue weighted by Gasteiger charge is -2.03. The summed E-state index contributed by atoms with van der Waals surface area (Å²) in [7, 11) is 0. The SMILES string of the molecule is CCCOc1ccc(C=Nc2ccc(O)cc2)cc1. The van der Waals surface area contributed by atoms with Crippen molar-refractivity contribution in [2.24, 2.45) is 4.99 Å². The molecule has 0 heterocycles. The lowest BCUT2D eigenvalue weighted by molar-refractivity contribution is 0.317. The number of nitrogens with zero attached hydrogens (tertiary/aromatic N) is 1. The van der Waals surface area contributed by atoms with Crippen LogP contribution in [0.1, 0.15) is 18.9 Å². The van der Waals surface area contributed by atoms with Crippen LogP contribution in [0.2, 0.25) is 0 Å². The third-order valence-corrected chi connectivity index (χ3v) is 2.57. The predicted octanol–water partition coefficient (Wildman–Crippen LogP) is 3.93. The summed E-state index contributed by atoms with van der Waals surface area (Å²) in [5, 5.41) is 9.18. The van der Waals surface area contributed by atoms with E-state index in [2.05, 4.69) is 11.9 Å². The molecular formula is C16H17NO2. The fraction of sp³-hybridized carbons (Fsp3) is 0.188. The number of phenols is 1. The number of ether oxygens (including phenoxy) is 1. The van der Waals surface area contributed by atoms with Gasteiger partial charge >= 0.3 is 0 Å². The van der Waals surface area contributed by atoms with Gasteiger partial charge in [0.25, 0.3) is 0 Å². The van der Waals surface area contributed by atoms with Crippen molar-refractivity contribution < 1.29 is 9.84 Å². The topological polar surface area (TPSA) is 41.8 Å². The molecule has 0 radical (unpaired) electrons. The van der Waals surface area contributed by atoms with Crippen LogP contribution in [0.4, 0.5) is 5.69 Å². The summed E-state index contributed by atoms with van der Waals surface area (Å²) in [5.41, 5.74) is 1.82. The number of hydrogen-bond acceptors (Lipinski definition) is 3. The second-order valence-corrected chi connectivity index (χ2v) is 4.19. The van der Waals surface area contributed by atoms with Gasteiger partial charge in [-0.15, -0.1) is 0 Å². The largest absolute Gasteiger partial charge is 0.508 e. The molecule has 1 N–H and O–H groups in total. The van der Waals surface area contributed by atoms with Crippen molar-refractivity contribution in [3.63, 3.8) is 0 Å². The number of aliphatic imine (C=N–C) groups is 1. The molecule has 0 aliphatic rings. The van der Waals surface area contributed by atoms with Crippen LogP contribution >= 0.6 is 0 Å². The fourth-order valence-electron chi connectivity index (χ4n) is 1.56. The Labute approximate surface area is 113 Å². The number of phenolic OH excluding ortho intramolecular Hbond substituents is 1. The van der Waals surface area contributed by atoms with E-state index in [1.165, 1.54) is 0 Å². The van der Waals surface area contributed by atoms with Crippen molar-refractivity contribution in [3.8, 4) is 11.5 Å². The maximum atomic E-state index is 9.18. The minimum absolute atomic E-state index is 0.247. The number of aromatic hydroxyl groups is 1. The molecular weight excluding hydrogens is 238 g/mol. The molecule has 2 rings (SSSR count). The van der Waals surface area contributed by atoms with Crippen LogP contribution < -0.4 is 4.74 Å². The molecule has 0 saturated carbocycles. The Balaban J connectivity index is 2.00. The molecule has 0 aliphatic heterocycles. The van der Waals surface area contributed by atoms with E-state index < -0.39 is 0 Å². The molecule has 2 aromatic carbocycles. The molecule has 2 aromatic rings. The first-order valence-corrected chi connectivity index (χ1v) is 6.34. The van der Waals surface area contributed by atoms with Gasteiger partial charge in [0.05, 0.1) is 12.3 Å². The van der Waals surface area contributed by atoms with Crippen molar-refractivity contribution in [1.82, 2.24) is 0 Å². The van der Waals surface area contributed by atoms with Crippen molar-refractivity contribution in [2.75, 3.05) is 6.61 Å². The number of hydrogen-bond donors (Lipinski definition) is 1. The minimum atomic E-state index is 0.247. The highest BCUT2D eigenvalue weighted by atomic mass is 16.5. The van der Waals surface area contributed by atoms with Crippen LogP contribution in [0.3, 0.4) is 0 Å². The second-order valence-electron chi connectivity index (χ2n) is 4.19. The molecule has 0 bridgehead atoms. The molecule has 0 aromatic heterocycles. The van der Waals surface area contributed by atoms with E-state index in [0.29, 0.717) is 0 Å². The van der Waals surface area contributed by atoms with Gasteiger partial charge in [-0.2, -0.15) is 0 Å². The molecule has 0 spiro atoms. The predicted molar refractivity (Wildman–Crippen MR) is 77.6 cm³/mol. The van der Waals surface area contributed by atoms with Crippen molar-refractivity contribution in [2.45, 2.75) is 13.3 Å². The van der Waals surface area contributed by atoms with Crippen LogP contribution in [-0.4, -0.2) is 17.9 Å². The minimum Gasteiger partial charge on any atom is -0.508 e. The standard InChI is InChI=1S/C16H17NO2/c1-2-11-19-16-9-3-13(4-10-16)12-17-14-5-7-15(18)8-6-14/h3-10,12,18H,2,11H2,1H3. The van der Waals surface area contributed by atoms with Gasteiger partial charge in [-0.3, -0.25) is 4.99 Å². The molecule has 98 valence electrons.